The first-order valence-electron chi connectivity index (χ1n) is 7.40. The van der Waals surface area contributed by atoms with Crippen LogP contribution in [0.15, 0.2) is 48.5 Å². The van der Waals surface area contributed by atoms with Crippen molar-refractivity contribution in [3.05, 3.63) is 70.5 Å². The van der Waals surface area contributed by atoms with E-state index in [-0.39, 0.29) is 17.3 Å². The Morgan fingerprint density at radius 2 is 1.74 bits per heavy atom. The second kappa shape index (κ2) is 7.47. The molecule has 2 aromatic carbocycles. The van der Waals surface area contributed by atoms with E-state index in [2.05, 4.69) is 10.6 Å². The summed E-state index contributed by atoms with van der Waals surface area (Å²) in [5.41, 5.74) is 1.53. The van der Waals surface area contributed by atoms with Gasteiger partial charge in [-0.1, -0.05) is 55.8 Å². The zero-order valence-electron chi connectivity index (χ0n) is 13.2. The second-order valence-corrected chi connectivity index (χ2v) is 6.43. The molecule has 122 valence electrons. The third-order valence-electron chi connectivity index (χ3n) is 3.71. The number of amides is 2. The van der Waals surface area contributed by atoms with Gasteiger partial charge >= 0.3 is 6.03 Å². The smallest absolute Gasteiger partial charge is 0.315 e. The van der Waals surface area contributed by atoms with Crippen molar-refractivity contribution in [3.63, 3.8) is 0 Å². The molecule has 23 heavy (non-hydrogen) atoms. The molecule has 0 radical (unpaired) electrons. The average molecular weight is 335 g/mol. The highest BCUT2D eigenvalue weighted by molar-refractivity contribution is 6.31. The number of hydrogen-bond acceptors (Lipinski definition) is 1. The molecule has 0 spiro atoms. The number of nitrogens with one attached hydrogen (secondary N) is 2. The standard InChI is InChI=1S/C18H20ClFN2O/c1-18(2,14-7-9-15(20)10-8-14)12-22-17(23)21-11-13-5-3-4-6-16(13)19/h3-10H,11-12H2,1-2H3,(H2,21,22,23). The number of rotatable bonds is 5. The van der Waals surface area contributed by atoms with Gasteiger partial charge in [-0.25, -0.2) is 9.18 Å². The lowest BCUT2D eigenvalue weighted by atomic mass is 9.84. The number of carbonyl (C=O) groups is 1. The molecule has 0 unspecified atom stereocenters. The number of carbonyl (C=O) groups excluding carboxylic acids is 1. The molecule has 5 heteroatoms. The normalized spacial score (nSPS) is 11.1. The van der Waals surface area contributed by atoms with E-state index in [1.165, 1.54) is 12.1 Å². The monoisotopic (exact) mass is 334 g/mol. The lowest BCUT2D eigenvalue weighted by molar-refractivity contribution is 0.238. The van der Waals surface area contributed by atoms with Crippen molar-refractivity contribution in [2.45, 2.75) is 25.8 Å². The Bertz CT molecular complexity index is 671. The summed E-state index contributed by atoms with van der Waals surface area (Å²) in [5.74, 6) is -0.269. The fourth-order valence-corrected chi connectivity index (χ4v) is 2.39. The fourth-order valence-electron chi connectivity index (χ4n) is 2.18. The summed E-state index contributed by atoms with van der Waals surface area (Å²) in [6.07, 6.45) is 0. The van der Waals surface area contributed by atoms with Crippen molar-refractivity contribution in [2.24, 2.45) is 0 Å². The molecule has 0 bridgehead atoms. The topological polar surface area (TPSA) is 41.1 Å². The van der Waals surface area contributed by atoms with Gasteiger partial charge in [0.25, 0.3) is 0 Å². The van der Waals surface area contributed by atoms with Gasteiger partial charge in [0.05, 0.1) is 0 Å². The maximum Gasteiger partial charge on any atom is 0.315 e. The SMILES string of the molecule is CC(C)(CNC(=O)NCc1ccccc1Cl)c1ccc(F)cc1. The third kappa shape index (κ3) is 4.96. The molecule has 2 N–H and O–H groups in total. The molecule has 2 amide bonds. The summed E-state index contributed by atoms with van der Waals surface area (Å²) in [6.45, 7) is 4.79. The largest absolute Gasteiger partial charge is 0.337 e. The van der Waals surface area contributed by atoms with Crippen LogP contribution < -0.4 is 10.6 Å². The molecule has 2 rings (SSSR count). The highest BCUT2D eigenvalue weighted by atomic mass is 35.5. The molecule has 0 atom stereocenters. The van der Waals surface area contributed by atoms with Crippen LogP contribution >= 0.6 is 11.6 Å². The van der Waals surface area contributed by atoms with Crippen molar-refractivity contribution in [1.29, 1.82) is 0 Å². The number of urea groups is 1. The average Bonchev–Trinajstić information content (AvgIpc) is 2.53. The molecule has 0 aliphatic carbocycles. The first kappa shape index (κ1) is 17.3. The van der Waals surface area contributed by atoms with E-state index in [0.717, 1.165) is 11.1 Å². The minimum Gasteiger partial charge on any atom is -0.337 e. The van der Waals surface area contributed by atoms with E-state index in [4.69, 9.17) is 11.6 Å². The first-order valence-corrected chi connectivity index (χ1v) is 7.77. The van der Waals surface area contributed by atoms with E-state index in [1.807, 2.05) is 32.0 Å². The molecule has 0 fully saturated rings. The molecule has 0 saturated carbocycles. The van der Waals surface area contributed by atoms with Crippen molar-refractivity contribution in [2.75, 3.05) is 6.54 Å². The molecule has 0 heterocycles. The predicted molar refractivity (Wildman–Crippen MR) is 91.1 cm³/mol. The van der Waals surface area contributed by atoms with Crippen molar-refractivity contribution >= 4 is 17.6 Å². The molecule has 0 aromatic heterocycles. The maximum absolute atomic E-state index is 13.0. The van der Waals surface area contributed by atoms with Crippen LogP contribution in [-0.4, -0.2) is 12.6 Å². The highest BCUT2D eigenvalue weighted by Crippen LogP contribution is 2.22. The van der Waals surface area contributed by atoms with Gasteiger partial charge in [0.15, 0.2) is 0 Å². The fraction of sp³-hybridized carbons (Fsp3) is 0.278. The van der Waals surface area contributed by atoms with Crippen LogP contribution in [0.2, 0.25) is 5.02 Å². The van der Waals surface area contributed by atoms with Crippen LogP contribution in [0.4, 0.5) is 9.18 Å². The van der Waals surface area contributed by atoms with Gasteiger partial charge in [0.2, 0.25) is 0 Å². The molecular weight excluding hydrogens is 315 g/mol. The molecule has 0 saturated heterocycles. The van der Waals surface area contributed by atoms with Crippen LogP contribution in [0.25, 0.3) is 0 Å². The van der Waals surface area contributed by atoms with Gasteiger partial charge in [-0.3, -0.25) is 0 Å². The Labute approximate surface area is 140 Å². The molecule has 0 aliphatic heterocycles. The zero-order valence-corrected chi connectivity index (χ0v) is 14.0. The van der Waals surface area contributed by atoms with Crippen molar-refractivity contribution in [3.8, 4) is 0 Å². The Morgan fingerprint density at radius 3 is 2.39 bits per heavy atom. The lowest BCUT2D eigenvalue weighted by Crippen LogP contribution is -2.42. The number of benzene rings is 2. The van der Waals surface area contributed by atoms with E-state index in [9.17, 15) is 9.18 Å². The van der Waals surface area contributed by atoms with Gasteiger partial charge in [-0.15, -0.1) is 0 Å². The van der Waals surface area contributed by atoms with E-state index in [1.54, 1.807) is 18.2 Å². The molecule has 0 aliphatic rings. The quantitative estimate of drug-likeness (QED) is 0.843. The lowest BCUT2D eigenvalue weighted by Gasteiger charge is -2.25. The Morgan fingerprint density at radius 1 is 1.09 bits per heavy atom. The summed E-state index contributed by atoms with van der Waals surface area (Å²) in [4.78, 5) is 11.9. The third-order valence-corrected chi connectivity index (χ3v) is 4.08. The molecule has 3 nitrogen and oxygen atoms in total. The minimum atomic E-state index is -0.296. The molecule has 2 aromatic rings. The maximum atomic E-state index is 13.0. The summed E-state index contributed by atoms with van der Waals surface area (Å²) in [7, 11) is 0. The van der Waals surface area contributed by atoms with Gasteiger partial charge in [0.1, 0.15) is 5.82 Å². The van der Waals surface area contributed by atoms with Crippen LogP contribution in [0.3, 0.4) is 0 Å². The summed E-state index contributed by atoms with van der Waals surface area (Å²) in [6, 6.07) is 13.4. The van der Waals surface area contributed by atoms with Crippen LogP contribution in [-0.2, 0) is 12.0 Å². The highest BCUT2D eigenvalue weighted by Gasteiger charge is 2.21. The van der Waals surface area contributed by atoms with Gasteiger partial charge in [-0.2, -0.15) is 0 Å². The van der Waals surface area contributed by atoms with E-state index < -0.39 is 0 Å². The van der Waals surface area contributed by atoms with Crippen LogP contribution in [0, 0.1) is 5.82 Å². The van der Waals surface area contributed by atoms with Gasteiger partial charge in [-0.05, 0) is 29.3 Å². The Hall–Kier alpha value is -2.07. The van der Waals surface area contributed by atoms with Gasteiger partial charge in [0, 0.05) is 23.5 Å². The number of hydrogen-bond donors (Lipinski definition) is 2. The predicted octanol–water partition coefficient (Wildman–Crippen LogP) is 4.26. The van der Waals surface area contributed by atoms with Gasteiger partial charge < -0.3 is 10.6 Å². The van der Waals surface area contributed by atoms with E-state index in [0.29, 0.717) is 18.1 Å². The van der Waals surface area contributed by atoms with Crippen LogP contribution in [0.5, 0.6) is 0 Å². The summed E-state index contributed by atoms with van der Waals surface area (Å²) >= 11 is 6.05. The number of halogens is 2. The Kier molecular flexibility index (Phi) is 5.61. The van der Waals surface area contributed by atoms with Crippen molar-refractivity contribution < 1.29 is 9.18 Å². The summed E-state index contributed by atoms with van der Waals surface area (Å²) in [5, 5.41) is 6.24. The van der Waals surface area contributed by atoms with E-state index >= 15 is 0 Å². The van der Waals surface area contributed by atoms with Crippen molar-refractivity contribution in [1.82, 2.24) is 10.6 Å². The zero-order chi connectivity index (χ0) is 16.9. The Balaban J connectivity index is 1.86. The minimum absolute atomic E-state index is 0.264. The van der Waals surface area contributed by atoms with Crippen LogP contribution in [0.1, 0.15) is 25.0 Å². The molecular formula is C18H20ClFN2O. The first-order chi connectivity index (χ1) is 10.9. The summed E-state index contributed by atoms with van der Waals surface area (Å²) < 4.78 is 13.0. The second-order valence-electron chi connectivity index (χ2n) is 6.02.